The van der Waals surface area contributed by atoms with E-state index in [9.17, 15) is 77.0 Å². The lowest BCUT2D eigenvalue weighted by Crippen LogP contribution is -2.61. The summed E-state index contributed by atoms with van der Waals surface area (Å²) in [6, 6.07) is 1.86. The van der Waals surface area contributed by atoms with Crippen LogP contribution in [0.1, 0.15) is 147 Å². The molecule has 6 aliphatic heterocycles. The van der Waals surface area contributed by atoms with E-state index < -0.39 is 104 Å². The number of sulfonamides is 1. The number of carbonyl (C=O) groups excluding carboxylic acids is 5. The van der Waals surface area contributed by atoms with Crippen molar-refractivity contribution in [1.82, 2.24) is 29.6 Å². The van der Waals surface area contributed by atoms with Crippen molar-refractivity contribution in [3.63, 3.8) is 0 Å². The first kappa shape index (κ1) is 70.4. The summed E-state index contributed by atoms with van der Waals surface area (Å²) in [7, 11) is -1.85. The van der Waals surface area contributed by atoms with Crippen LogP contribution in [0.4, 0.5) is 39.5 Å². The van der Waals surface area contributed by atoms with Gasteiger partial charge >= 0.3 is 0 Å². The maximum Gasteiger partial charge on any atom is 0.248 e. The number of benzene rings is 3. The zero-order valence-corrected chi connectivity index (χ0v) is 53.1. The predicted molar refractivity (Wildman–Crippen MR) is 322 cm³/mol. The van der Waals surface area contributed by atoms with E-state index in [0.29, 0.717) is 69.7 Å². The molecule has 5 amide bonds. The third kappa shape index (κ3) is 16.4. The first-order chi connectivity index (χ1) is 43.3. The van der Waals surface area contributed by atoms with Gasteiger partial charge in [-0.05, 0) is 188 Å². The van der Waals surface area contributed by atoms with E-state index in [0.717, 1.165) is 82.4 Å². The number of hydrogen-bond acceptors (Lipinski definition) is 11. The van der Waals surface area contributed by atoms with Crippen molar-refractivity contribution in [1.29, 1.82) is 0 Å². The Hall–Kier alpha value is -5.87. The smallest absolute Gasteiger partial charge is 0.248 e. The molecule has 92 heavy (non-hydrogen) atoms. The summed E-state index contributed by atoms with van der Waals surface area (Å²) in [5, 5.41) is 11.9. The molecule has 2 saturated carbocycles. The van der Waals surface area contributed by atoms with Crippen LogP contribution in [0, 0.1) is 76.0 Å². The van der Waals surface area contributed by atoms with Crippen LogP contribution < -0.4 is 27.2 Å². The van der Waals surface area contributed by atoms with E-state index in [1.165, 1.54) is 11.8 Å². The van der Waals surface area contributed by atoms with E-state index in [1.54, 1.807) is 30.7 Å². The van der Waals surface area contributed by atoms with Gasteiger partial charge in [-0.2, -0.15) is 4.72 Å². The maximum atomic E-state index is 14.0. The minimum absolute atomic E-state index is 0.00250. The third-order valence-electron chi connectivity index (χ3n) is 20.4. The molecule has 13 atom stereocenters. The molecule has 27 heteroatoms. The molecule has 9 N–H and O–H groups in total. The van der Waals surface area contributed by atoms with Gasteiger partial charge in [-0.25, -0.2) is 47.9 Å². The van der Waals surface area contributed by atoms with Crippen molar-refractivity contribution in [3.05, 3.63) is 105 Å². The topological polar surface area (TPSA) is 255 Å². The lowest BCUT2D eigenvalue weighted by Gasteiger charge is -2.44. The first-order valence-electron chi connectivity index (χ1n) is 32.1. The lowest BCUT2D eigenvalue weighted by molar-refractivity contribution is -0.142. The number of piperidine rings is 3. The highest BCUT2D eigenvalue weighted by atomic mass is 32.2. The molecular formula is C65H86F9N9O8S. The molecule has 17 nitrogen and oxygen atoms in total. The molecule has 6 heterocycles. The Labute approximate surface area is 531 Å². The van der Waals surface area contributed by atoms with Crippen LogP contribution in [0.5, 0.6) is 0 Å². The number of aliphatic hydroxyl groups is 1. The van der Waals surface area contributed by atoms with Crippen molar-refractivity contribution >= 4 is 39.6 Å². The average molecular weight is 1320 g/mol. The highest BCUT2D eigenvalue weighted by molar-refractivity contribution is 7.90. The van der Waals surface area contributed by atoms with Crippen molar-refractivity contribution in [3.8, 4) is 0 Å². The highest BCUT2D eigenvalue weighted by Crippen LogP contribution is 2.44. The molecule has 508 valence electrons. The Morgan fingerprint density at radius 2 is 0.902 bits per heavy atom. The summed E-state index contributed by atoms with van der Waals surface area (Å²) in [5.74, 6) is -10.1. The molecule has 6 bridgehead atoms. The van der Waals surface area contributed by atoms with E-state index in [1.807, 2.05) is 4.90 Å². The van der Waals surface area contributed by atoms with Gasteiger partial charge in [0.1, 0.15) is 29.0 Å². The van der Waals surface area contributed by atoms with Gasteiger partial charge in [0.25, 0.3) is 0 Å². The number of nitrogens with one attached hydrogen (secondary N) is 2. The number of fused-ring (bicyclic) bond motifs is 6. The normalized spacial score (nSPS) is 26.2. The number of nitrogens with zero attached hydrogens (tertiary/aromatic N) is 4. The van der Waals surface area contributed by atoms with Crippen LogP contribution in [0.15, 0.2) is 36.4 Å². The van der Waals surface area contributed by atoms with Crippen LogP contribution in [-0.2, 0) is 53.3 Å². The Balaban J connectivity index is 0.000000163. The summed E-state index contributed by atoms with van der Waals surface area (Å²) >= 11 is 0. The van der Waals surface area contributed by atoms with Crippen LogP contribution in [0.3, 0.4) is 0 Å². The zero-order chi connectivity index (χ0) is 67.0. The molecule has 8 fully saturated rings. The monoisotopic (exact) mass is 1320 g/mol. The number of hydrogen-bond donors (Lipinski definition) is 6. The summed E-state index contributed by atoms with van der Waals surface area (Å²) in [5.41, 5.74) is 17.9. The van der Waals surface area contributed by atoms with Crippen LogP contribution in [0.25, 0.3) is 0 Å². The SMILES string of the molecule is CC(=O)N(C)CCC(=O)N1[C@@H]2CC[C@H]1CC([C@H](N)Cc1cc(F)c(F)cc1F)C2.CC(C)(NS(=O)(=O)C1CC1)C(=O)N1[C@@H]2CC[C@H]1CC([C@H](N)Cc1cc(F)c(F)cc1F)C2.N[C@H](Cc1cc(F)c(F)cc1F)C1C[C@H]2CC[C@@H](C1)N2C(=O)[C@H](CO)NC(=O)C1CC1. The van der Waals surface area contributed by atoms with Gasteiger partial charge in [-0.15, -0.1) is 0 Å². The second-order valence-electron chi connectivity index (χ2n) is 27.5. The fourth-order valence-corrected chi connectivity index (χ4v) is 16.7. The molecule has 3 aromatic rings. The number of nitrogens with two attached hydrogens (primary N) is 3. The summed E-state index contributed by atoms with van der Waals surface area (Å²) in [6.45, 7) is 4.60. The molecule has 2 aliphatic carbocycles. The Morgan fingerprint density at radius 3 is 1.24 bits per heavy atom. The molecule has 0 radical (unpaired) electrons. The van der Waals surface area contributed by atoms with Gasteiger partial charge in [0.15, 0.2) is 34.9 Å². The molecule has 0 spiro atoms. The Morgan fingerprint density at radius 1 is 0.554 bits per heavy atom. The van der Waals surface area contributed by atoms with Crippen LogP contribution in [-0.4, -0.2) is 154 Å². The third-order valence-corrected chi connectivity index (χ3v) is 22.5. The van der Waals surface area contributed by atoms with E-state index in [2.05, 4.69) is 10.0 Å². The second-order valence-corrected chi connectivity index (χ2v) is 29.4. The zero-order valence-electron chi connectivity index (χ0n) is 52.3. The Bertz CT molecular complexity index is 3310. The quantitative estimate of drug-likeness (QED) is 0.0504. The lowest BCUT2D eigenvalue weighted by atomic mass is 9.82. The summed E-state index contributed by atoms with van der Waals surface area (Å²) in [4.78, 5) is 69.5. The minimum atomic E-state index is -3.52. The van der Waals surface area contributed by atoms with Gasteiger partial charge in [-0.1, -0.05) is 0 Å². The number of amides is 5. The predicted octanol–water partition coefficient (Wildman–Crippen LogP) is 6.85. The largest absolute Gasteiger partial charge is 0.394 e. The van der Waals surface area contributed by atoms with Crippen LogP contribution in [0.2, 0.25) is 0 Å². The molecule has 3 unspecified atom stereocenters. The average Bonchev–Trinajstić information content (AvgIpc) is 1.57. The second kappa shape index (κ2) is 29.0. The number of rotatable bonds is 20. The van der Waals surface area contributed by atoms with Crippen molar-refractivity contribution in [2.45, 2.75) is 220 Å². The fraction of sp³-hybridized carbons (Fsp3) is 0.646. The van der Waals surface area contributed by atoms with Crippen molar-refractivity contribution in [2.24, 2.45) is 40.9 Å². The Kier molecular flexibility index (Phi) is 22.2. The summed E-state index contributed by atoms with van der Waals surface area (Å²) in [6.07, 6.45) is 12.3. The number of halogens is 9. The van der Waals surface area contributed by atoms with Gasteiger partial charge in [0, 0.05) is 105 Å². The fourth-order valence-electron chi connectivity index (χ4n) is 15.0. The number of aliphatic hydroxyl groups excluding tert-OH is 1. The van der Waals surface area contributed by atoms with Gasteiger partial charge in [0.2, 0.25) is 39.6 Å². The van der Waals surface area contributed by atoms with Crippen molar-refractivity contribution in [2.75, 3.05) is 20.2 Å². The van der Waals surface area contributed by atoms with E-state index in [-0.39, 0.29) is 125 Å². The molecule has 6 saturated heterocycles. The van der Waals surface area contributed by atoms with E-state index >= 15 is 0 Å². The molecule has 11 rings (SSSR count). The molecule has 0 aromatic heterocycles. The van der Waals surface area contributed by atoms with E-state index in [4.69, 9.17) is 17.2 Å². The molecule has 8 aliphatic rings. The van der Waals surface area contributed by atoms with Gasteiger partial charge < -0.3 is 47.2 Å². The van der Waals surface area contributed by atoms with Gasteiger partial charge in [0.05, 0.1) is 11.9 Å². The standard InChI is InChI=1S/C22H30F3N3O3S.C22H28F3N3O3.C21H28F3N3O2/c1-22(2,27-32(30,31)16-5-6-16)21(29)28-14-3-4-15(28)8-13(7-14)20(26)10-12-9-18(24)19(25)11-17(12)23;23-16-9-18(25)17(24)7-12(16)8-19(26)13-5-14-3-4-15(6-13)28(14)22(31)20(10-29)27-21(30)11-1-2-11;1-12(28)26(2)6-5-21(29)27-15-3-4-16(27)8-14(7-15)20(25)10-13-9-18(23)19(24)11-17(13)22/h9,11,13-16,20,27H,3-8,10,26H2,1-2H3;7,9,11,13-15,19-20,29H,1-6,8,10,26H2,(H,27,30);9,11,14-16,20H,3-8,10,25H2,1-2H3/t13?,14-,15+,20-;13?,14-,15+,19-,20+;14?,15-,16+,20-/m111/s1. The summed E-state index contributed by atoms with van der Waals surface area (Å²) < 4.78 is 149. The molecule has 3 aromatic carbocycles. The highest BCUT2D eigenvalue weighted by Gasteiger charge is 2.51. The number of carbonyl (C=O) groups is 5. The van der Waals surface area contributed by atoms with Gasteiger partial charge in [-0.3, -0.25) is 24.0 Å². The molecular weight excluding hydrogens is 1240 g/mol. The minimum Gasteiger partial charge on any atom is -0.394 e. The van der Waals surface area contributed by atoms with Crippen LogP contribution >= 0.6 is 0 Å². The first-order valence-corrected chi connectivity index (χ1v) is 33.7. The van der Waals surface area contributed by atoms with Crippen molar-refractivity contribution < 1.29 is 77.0 Å². The maximum absolute atomic E-state index is 14.0.